The zero-order valence-electron chi connectivity index (χ0n) is 69.0. The Labute approximate surface area is 730 Å². The van der Waals surface area contributed by atoms with Crippen LogP contribution in [0.25, 0.3) is 177 Å². The first-order valence-corrected chi connectivity index (χ1v) is 43.7. The van der Waals surface area contributed by atoms with E-state index in [0.29, 0.717) is 0 Å². The van der Waals surface area contributed by atoms with Crippen molar-refractivity contribution in [1.82, 2.24) is 18.3 Å². The molecule has 0 amide bonds. The molecule has 0 spiro atoms. The van der Waals surface area contributed by atoms with Gasteiger partial charge in [-0.3, -0.25) is 0 Å². The van der Waals surface area contributed by atoms with E-state index in [-0.39, 0.29) is 0 Å². The quantitative estimate of drug-likeness (QED) is 0.116. The van der Waals surface area contributed by atoms with Gasteiger partial charge in [-0.05, 0) is 239 Å². The van der Waals surface area contributed by atoms with Gasteiger partial charge in [-0.1, -0.05) is 358 Å². The van der Waals surface area contributed by atoms with Crippen molar-refractivity contribution in [1.29, 1.82) is 0 Å². The Morgan fingerprint density at radius 2 is 0.429 bits per heavy atom. The van der Waals surface area contributed by atoms with Gasteiger partial charge in [0.05, 0.1) is 55.0 Å². The van der Waals surface area contributed by atoms with E-state index in [9.17, 15) is 0 Å². The van der Waals surface area contributed by atoms with E-state index in [0.717, 1.165) is 11.4 Å². The summed E-state index contributed by atoms with van der Waals surface area (Å²) in [5, 5.41) is 9.99. The minimum absolute atomic E-state index is 0.496. The topological polar surface area (TPSA) is 19.7 Å². The molecule has 0 atom stereocenters. The van der Waals surface area contributed by atoms with E-state index >= 15 is 0 Å². The number of fused-ring (bicyclic) bond motifs is 19. The van der Waals surface area contributed by atoms with Crippen molar-refractivity contribution < 1.29 is 0 Å². The third kappa shape index (κ3) is 11.1. The lowest BCUT2D eigenvalue weighted by molar-refractivity contribution is 0.769. The lowest BCUT2D eigenvalue weighted by Crippen LogP contribution is -2.28. The third-order valence-electron chi connectivity index (χ3n) is 27.2. The monoisotopic (exact) mass is 1600 g/mol. The minimum atomic E-state index is -0.496. The number of hydrogen-bond donors (Lipinski definition) is 0. The summed E-state index contributed by atoms with van der Waals surface area (Å²) in [4.78, 5) is 0. The van der Waals surface area contributed by atoms with Crippen LogP contribution in [0.1, 0.15) is 44.5 Å². The maximum Gasteiger partial charge on any atom is 0.0713 e. The van der Waals surface area contributed by atoms with Crippen molar-refractivity contribution >= 4 is 87.2 Å². The number of hydrogen-bond acceptors (Lipinski definition) is 0. The Morgan fingerprint density at radius 1 is 0.143 bits per heavy atom. The molecular weight excluding hydrogens is 1520 g/mol. The molecule has 2 aliphatic carbocycles. The summed E-state index contributed by atoms with van der Waals surface area (Å²) < 4.78 is 9.74. The van der Waals surface area contributed by atoms with E-state index < -0.39 is 10.8 Å². The smallest absolute Gasteiger partial charge is 0.0713 e. The molecule has 4 aromatic heterocycles. The first-order valence-electron chi connectivity index (χ1n) is 43.7. The summed E-state index contributed by atoms with van der Waals surface area (Å²) in [6, 6.07) is 179. The summed E-state index contributed by atoms with van der Waals surface area (Å²) in [5.41, 5.74) is 38.3. The normalized spacial score (nSPS) is 12.9. The molecule has 24 aromatic rings. The fourth-order valence-corrected chi connectivity index (χ4v) is 21.8. The summed E-state index contributed by atoms with van der Waals surface area (Å²) in [5.74, 6) is 0. The van der Waals surface area contributed by atoms with Gasteiger partial charge in [-0.15, -0.1) is 0 Å². The molecule has 126 heavy (non-hydrogen) atoms. The summed E-state index contributed by atoms with van der Waals surface area (Å²) >= 11 is 0. The van der Waals surface area contributed by atoms with Crippen LogP contribution in [0.2, 0.25) is 0 Å². The Morgan fingerprint density at radius 3 is 0.873 bits per heavy atom. The zero-order valence-corrected chi connectivity index (χ0v) is 69.0. The Balaban J connectivity index is 0.000000137. The van der Waals surface area contributed by atoms with E-state index in [1.54, 1.807) is 0 Å². The first-order chi connectivity index (χ1) is 62.5. The fourth-order valence-electron chi connectivity index (χ4n) is 21.8. The van der Waals surface area contributed by atoms with E-state index in [2.05, 4.69) is 504 Å². The molecular formula is C122H80N4. The molecule has 26 rings (SSSR count). The predicted octanol–water partition coefficient (Wildman–Crippen LogP) is 31.2. The number of nitrogens with zero attached hydrogens (tertiary/aromatic N) is 4. The third-order valence-corrected chi connectivity index (χ3v) is 27.2. The van der Waals surface area contributed by atoms with Crippen LogP contribution < -0.4 is 0 Å². The fraction of sp³-hybridized carbons (Fsp3) is 0.0164. The number of benzene rings is 20. The van der Waals surface area contributed by atoms with Crippen LogP contribution in [0.15, 0.2) is 485 Å². The predicted molar refractivity (Wildman–Crippen MR) is 527 cm³/mol. The molecule has 0 saturated heterocycles. The van der Waals surface area contributed by atoms with Crippen molar-refractivity contribution in [3.8, 4) is 89.5 Å². The van der Waals surface area contributed by atoms with E-state index in [1.165, 1.54) is 210 Å². The average molecular weight is 1600 g/mol. The van der Waals surface area contributed by atoms with Gasteiger partial charge in [-0.2, -0.15) is 0 Å². The maximum atomic E-state index is 2.53. The number of rotatable bonds is 12. The maximum absolute atomic E-state index is 2.53. The van der Waals surface area contributed by atoms with E-state index in [1.807, 2.05) is 0 Å². The van der Waals surface area contributed by atoms with Crippen molar-refractivity contribution in [3.63, 3.8) is 0 Å². The second kappa shape index (κ2) is 29.2. The Hall–Kier alpha value is -16.4. The van der Waals surface area contributed by atoms with Gasteiger partial charge in [0, 0.05) is 65.8 Å². The Bertz CT molecular complexity index is 8130. The lowest BCUT2D eigenvalue weighted by atomic mass is 9.67. The molecule has 4 heteroatoms. The average Bonchev–Trinajstić information content (AvgIpc) is 1.50. The molecule has 4 nitrogen and oxygen atoms in total. The molecule has 2 aliphatic rings. The Kier molecular flexibility index (Phi) is 16.8. The highest BCUT2D eigenvalue weighted by molar-refractivity contribution is 6.20. The highest BCUT2D eigenvalue weighted by Crippen LogP contribution is 2.61. The largest absolute Gasteiger partial charge is 0.309 e. The highest BCUT2D eigenvalue weighted by atomic mass is 15.0. The van der Waals surface area contributed by atoms with Gasteiger partial charge >= 0.3 is 0 Å². The molecule has 20 aromatic carbocycles. The molecule has 0 bridgehead atoms. The van der Waals surface area contributed by atoms with Crippen LogP contribution in [-0.2, 0) is 10.8 Å². The van der Waals surface area contributed by atoms with Crippen LogP contribution in [0.5, 0.6) is 0 Å². The van der Waals surface area contributed by atoms with Crippen LogP contribution in [0, 0.1) is 0 Å². The standard InChI is InChI=1S/2C61H40N2/c1-5-17-41(18-6-1)42-29-33-48(34-30-42)63-57-37-32-44(43-31-36-56-51(39-43)49-25-14-16-28-55(49)62(56)47-23-11-4-12-24-47)40-52(57)60-58(63)38-35-54-59(60)50-26-13-15-27-53(50)61(54,45-19-7-2-8-20-45)46-21-9-3-10-22-46;1-5-17-41(18-6-1)42-29-33-48(34-30-42)63-59-36-32-44(43-31-35-58-52(37-43)50-26-14-16-28-57(50)62(58)47-23-11-4-12-24-47)38-53(59)54-39-56-51(40-60(54)63)49-25-13-15-27-55(49)61(56,45-19-7-2-8-20-45)46-21-9-3-10-22-46/h2*1-40H. The molecule has 0 fully saturated rings. The second-order valence-electron chi connectivity index (χ2n) is 33.7. The molecule has 0 saturated carbocycles. The van der Waals surface area contributed by atoms with Gasteiger partial charge in [0.2, 0.25) is 0 Å². The van der Waals surface area contributed by atoms with Crippen LogP contribution in [0.3, 0.4) is 0 Å². The van der Waals surface area contributed by atoms with Gasteiger partial charge in [-0.25, -0.2) is 0 Å². The van der Waals surface area contributed by atoms with Crippen molar-refractivity contribution in [3.05, 3.63) is 530 Å². The van der Waals surface area contributed by atoms with Crippen molar-refractivity contribution in [2.75, 3.05) is 0 Å². The minimum Gasteiger partial charge on any atom is -0.309 e. The van der Waals surface area contributed by atoms with Crippen LogP contribution in [0.4, 0.5) is 0 Å². The van der Waals surface area contributed by atoms with Crippen molar-refractivity contribution in [2.24, 2.45) is 0 Å². The molecule has 0 radical (unpaired) electrons. The second-order valence-corrected chi connectivity index (χ2v) is 33.7. The summed E-state index contributed by atoms with van der Waals surface area (Å²) in [7, 11) is 0. The zero-order chi connectivity index (χ0) is 83.0. The molecule has 0 unspecified atom stereocenters. The highest BCUT2D eigenvalue weighted by Gasteiger charge is 2.49. The van der Waals surface area contributed by atoms with Crippen LogP contribution >= 0.6 is 0 Å². The van der Waals surface area contributed by atoms with Gasteiger partial charge in [0.15, 0.2) is 0 Å². The number of para-hydroxylation sites is 4. The number of aromatic nitrogens is 4. The van der Waals surface area contributed by atoms with Gasteiger partial charge in [0.1, 0.15) is 0 Å². The summed E-state index contributed by atoms with van der Waals surface area (Å²) in [6.45, 7) is 0. The van der Waals surface area contributed by atoms with E-state index in [4.69, 9.17) is 0 Å². The van der Waals surface area contributed by atoms with Crippen molar-refractivity contribution in [2.45, 2.75) is 10.8 Å². The molecule has 0 aliphatic heterocycles. The van der Waals surface area contributed by atoms with Crippen LogP contribution in [-0.4, -0.2) is 18.3 Å². The first kappa shape index (κ1) is 72.4. The molecule has 588 valence electrons. The summed E-state index contributed by atoms with van der Waals surface area (Å²) in [6.07, 6.45) is 0. The lowest BCUT2D eigenvalue weighted by Gasteiger charge is -2.34. The van der Waals surface area contributed by atoms with Gasteiger partial charge in [0.25, 0.3) is 0 Å². The molecule has 4 heterocycles. The SMILES string of the molecule is c1ccc(-c2ccc(-n3c4ccc(-c5ccc6c(c5)c5ccccc5n6-c5ccccc5)cc4c4c5c(ccc43)C(c3ccccc3)(c3ccccc3)c3ccccc3-5)cc2)cc1.c1ccc(-c2ccc(-n3c4ccc(-c5ccc6c(c5)c5ccccc5n6-c5ccccc5)cc4c4cc5c(cc43)-c3ccccc3C5(c3ccccc3)c3ccccc3)cc2)cc1. The van der Waals surface area contributed by atoms with Gasteiger partial charge < -0.3 is 18.3 Å². The molecule has 0 N–H and O–H groups in total.